The fourth-order valence-electron chi connectivity index (χ4n) is 3.65. The van der Waals surface area contributed by atoms with Crippen molar-refractivity contribution in [2.75, 3.05) is 6.61 Å². The van der Waals surface area contributed by atoms with Gasteiger partial charge in [-0.25, -0.2) is 0 Å². The molecule has 1 atom stereocenters. The molecule has 1 aromatic heterocycles. The Hall–Kier alpha value is -1.36. The summed E-state index contributed by atoms with van der Waals surface area (Å²) in [5.74, 6) is 0.153. The van der Waals surface area contributed by atoms with Crippen molar-refractivity contribution in [2.24, 2.45) is 0 Å². The SMILES string of the molecule is O=C(CCCc1cn[nH]c1)N[C@H]1COC2(CCCCC2)C1. The molecule has 1 saturated carbocycles. The molecule has 116 valence electrons. The maximum absolute atomic E-state index is 12.0. The van der Waals surface area contributed by atoms with E-state index in [0.29, 0.717) is 13.0 Å². The Morgan fingerprint density at radius 2 is 2.29 bits per heavy atom. The monoisotopic (exact) mass is 291 g/mol. The fourth-order valence-corrected chi connectivity index (χ4v) is 3.65. The molecule has 1 aliphatic carbocycles. The van der Waals surface area contributed by atoms with Crippen LogP contribution in [0.25, 0.3) is 0 Å². The summed E-state index contributed by atoms with van der Waals surface area (Å²) in [5, 5.41) is 9.84. The van der Waals surface area contributed by atoms with Crippen molar-refractivity contribution in [3.05, 3.63) is 18.0 Å². The van der Waals surface area contributed by atoms with Crippen LogP contribution in [0, 0.1) is 0 Å². The molecule has 21 heavy (non-hydrogen) atoms. The molecule has 0 bridgehead atoms. The Morgan fingerprint density at radius 1 is 1.43 bits per heavy atom. The van der Waals surface area contributed by atoms with Crippen molar-refractivity contribution >= 4 is 5.91 Å². The van der Waals surface area contributed by atoms with Crippen LogP contribution < -0.4 is 5.32 Å². The van der Waals surface area contributed by atoms with Crippen molar-refractivity contribution in [3.63, 3.8) is 0 Å². The smallest absolute Gasteiger partial charge is 0.220 e. The summed E-state index contributed by atoms with van der Waals surface area (Å²) in [6.07, 6.45) is 13.2. The fraction of sp³-hybridized carbons (Fsp3) is 0.750. The lowest BCUT2D eigenvalue weighted by Gasteiger charge is -2.32. The largest absolute Gasteiger partial charge is 0.373 e. The summed E-state index contributed by atoms with van der Waals surface area (Å²) < 4.78 is 6.03. The van der Waals surface area contributed by atoms with Gasteiger partial charge >= 0.3 is 0 Å². The van der Waals surface area contributed by atoms with Gasteiger partial charge in [-0.2, -0.15) is 5.10 Å². The minimum Gasteiger partial charge on any atom is -0.373 e. The molecule has 0 aromatic carbocycles. The summed E-state index contributed by atoms with van der Waals surface area (Å²) >= 11 is 0. The summed E-state index contributed by atoms with van der Waals surface area (Å²) in [6, 6.07) is 0.213. The molecule has 3 rings (SSSR count). The average molecular weight is 291 g/mol. The number of H-pyrrole nitrogens is 1. The number of carbonyl (C=O) groups excluding carboxylic acids is 1. The Morgan fingerprint density at radius 3 is 3.05 bits per heavy atom. The third-order valence-corrected chi connectivity index (χ3v) is 4.76. The van der Waals surface area contributed by atoms with Gasteiger partial charge < -0.3 is 10.1 Å². The van der Waals surface area contributed by atoms with E-state index in [1.165, 1.54) is 32.1 Å². The van der Waals surface area contributed by atoms with E-state index in [1.54, 1.807) is 0 Å². The number of nitrogens with zero attached hydrogens (tertiary/aromatic N) is 1. The Balaban J connectivity index is 1.37. The quantitative estimate of drug-likeness (QED) is 0.875. The van der Waals surface area contributed by atoms with E-state index >= 15 is 0 Å². The number of amides is 1. The number of aryl methyl sites for hydroxylation is 1. The highest BCUT2D eigenvalue weighted by Gasteiger charge is 2.41. The number of hydrogen-bond acceptors (Lipinski definition) is 3. The highest BCUT2D eigenvalue weighted by molar-refractivity contribution is 5.76. The van der Waals surface area contributed by atoms with E-state index in [4.69, 9.17) is 4.74 Å². The van der Waals surface area contributed by atoms with Crippen LogP contribution in [0.2, 0.25) is 0 Å². The van der Waals surface area contributed by atoms with Gasteiger partial charge in [0.15, 0.2) is 0 Å². The molecule has 0 unspecified atom stereocenters. The molecule has 2 fully saturated rings. The van der Waals surface area contributed by atoms with Gasteiger partial charge in [-0.15, -0.1) is 0 Å². The summed E-state index contributed by atoms with van der Waals surface area (Å²) in [5.41, 5.74) is 1.24. The normalized spacial score (nSPS) is 24.3. The zero-order valence-corrected chi connectivity index (χ0v) is 12.6. The number of ether oxygens (including phenoxy) is 1. The van der Waals surface area contributed by atoms with Crippen molar-refractivity contribution in [2.45, 2.75) is 69.4 Å². The first-order valence-electron chi connectivity index (χ1n) is 8.17. The van der Waals surface area contributed by atoms with Crippen molar-refractivity contribution in [1.82, 2.24) is 15.5 Å². The summed E-state index contributed by atoms with van der Waals surface area (Å²) in [7, 11) is 0. The number of aromatic nitrogens is 2. The Kier molecular flexibility index (Phi) is 4.58. The van der Waals surface area contributed by atoms with Gasteiger partial charge in [-0.05, 0) is 37.7 Å². The van der Waals surface area contributed by atoms with Gasteiger partial charge in [0, 0.05) is 12.6 Å². The topological polar surface area (TPSA) is 67.0 Å². The zero-order chi connectivity index (χ0) is 14.5. The zero-order valence-electron chi connectivity index (χ0n) is 12.6. The Labute approximate surface area is 125 Å². The lowest BCUT2D eigenvalue weighted by molar-refractivity contribution is -0.121. The molecule has 1 amide bonds. The average Bonchev–Trinajstić information content (AvgIpc) is 3.11. The molecule has 1 spiro atoms. The van der Waals surface area contributed by atoms with Crippen LogP contribution >= 0.6 is 0 Å². The summed E-state index contributed by atoms with van der Waals surface area (Å²) in [6.45, 7) is 0.688. The molecule has 1 saturated heterocycles. The van der Waals surface area contributed by atoms with Crippen molar-refractivity contribution < 1.29 is 9.53 Å². The molecule has 2 aliphatic rings. The van der Waals surface area contributed by atoms with E-state index in [2.05, 4.69) is 15.5 Å². The summed E-state index contributed by atoms with van der Waals surface area (Å²) in [4.78, 5) is 12.0. The number of aromatic amines is 1. The molecule has 2 heterocycles. The number of rotatable bonds is 5. The number of hydrogen-bond donors (Lipinski definition) is 2. The minimum atomic E-state index is 0.0764. The van der Waals surface area contributed by atoms with Crippen LogP contribution in [-0.2, 0) is 16.0 Å². The molecule has 1 aromatic rings. The van der Waals surface area contributed by atoms with E-state index in [0.717, 1.165) is 24.8 Å². The third-order valence-electron chi connectivity index (χ3n) is 4.76. The van der Waals surface area contributed by atoms with Gasteiger partial charge in [-0.1, -0.05) is 19.3 Å². The van der Waals surface area contributed by atoms with Gasteiger partial charge in [0.05, 0.1) is 24.4 Å². The predicted molar refractivity (Wildman–Crippen MR) is 79.8 cm³/mol. The van der Waals surface area contributed by atoms with Crippen LogP contribution in [0.15, 0.2) is 12.4 Å². The highest BCUT2D eigenvalue weighted by Crippen LogP contribution is 2.39. The second-order valence-electron chi connectivity index (χ2n) is 6.48. The molecule has 2 N–H and O–H groups in total. The van der Waals surface area contributed by atoms with Gasteiger partial charge in [-0.3, -0.25) is 9.89 Å². The van der Waals surface area contributed by atoms with Gasteiger partial charge in [0.25, 0.3) is 0 Å². The molecule has 1 aliphatic heterocycles. The van der Waals surface area contributed by atoms with Crippen LogP contribution in [-0.4, -0.2) is 34.4 Å². The lowest BCUT2D eigenvalue weighted by atomic mass is 9.82. The standard InChI is InChI=1S/C16H25N3O2/c20-15(6-4-5-13-10-17-18-11-13)19-14-9-16(21-12-14)7-2-1-3-8-16/h10-11,14H,1-9,12H2,(H,17,18)(H,19,20)/t14-/m1/s1. The molecular formula is C16H25N3O2. The maximum Gasteiger partial charge on any atom is 0.220 e. The second kappa shape index (κ2) is 6.60. The van der Waals surface area contributed by atoms with Gasteiger partial charge in [0.1, 0.15) is 0 Å². The van der Waals surface area contributed by atoms with Crippen molar-refractivity contribution in [3.8, 4) is 0 Å². The van der Waals surface area contributed by atoms with E-state index in [9.17, 15) is 4.79 Å². The van der Waals surface area contributed by atoms with Crippen LogP contribution in [0.3, 0.4) is 0 Å². The molecular weight excluding hydrogens is 266 g/mol. The lowest BCUT2D eigenvalue weighted by Crippen LogP contribution is -2.37. The molecule has 0 radical (unpaired) electrons. The maximum atomic E-state index is 12.0. The Bertz CT molecular complexity index is 452. The van der Waals surface area contributed by atoms with Crippen molar-refractivity contribution in [1.29, 1.82) is 0 Å². The first-order valence-corrected chi connectivity index (χ1v) is 8.17. The predicted octanol–water partition coefficient (Wildman–Crippen LogP) is 2.34. The van der Waals surface area contributed by atoms with Crippen LogP contribution in [0.4, 0.5) is 0 Å². The third kappa shape index (κ3) is 3.84. The number of nitrogens with one attached hydrogen (secondary N) is 2. The number of carbonyl (C=O) groups is 1. The first kappa shape index (κ1) is 14.6. The molecule has 5 nitrogen and oxygen atoms in total. The molecule has 5 heteroatoms. The minimum absolute atomic E-state index is 0.0764. The van der Waals surface area contributed by atoms with Crippen LogP contribution in [0.1, 0.15) is 56.9 Å². The van der Waals surface area contributed by atoms with Crippen LogP contribution in [0.5, 0.6) is 0 Å². The highest BCUT2D eigenvalue weighted by atomic mass is 16.5. The van der Waals surface area contributed by atoms with E-state index in [-0.39, 0.29) is 17.6 Å². The van der Waals surface area contributed by atoms with E-state index < -0.39 is 0 Å². The second-order valence-corrected chi connectivity index (χ2v) is 6.48. The van der Waals surface area contributed by atoms with E-state index in [1.807, 2.05) is 12.4 Å². The van der Waals surface area contributed by atoms with Gasteiger partial charge in [0.2, 0.25) is 5.91 Å². The first-order chi connectivity index (χ1) is 10.3.